The Bertz CT molecular complexity index is 210. The molecule has 1 nitrogen and oxygen atoms in total. The monoisotopic (exact) mass is 170 g/mol. The first-order valence-electron chi connectivity index (χ1n) is 4.09. The first kappa shape index (κ1) is 7.35. The van der Waals surface area contributed by atoms with Gasteiger partial charge in [-0.05, 0) is 18.8 Å². The number of alkyl halides is 1. The number of fused-ring (bicyclic) bond motifs is 2. The maximum Gasteiger partial charge on any atom is 0.141 e. The molecule has 0 aliphatic heterocycles. The van der Waals surface area contributed by atoms with Crippen LogP contribution in [0.4, 0.5) is 0 Å². The van der Waals surface area contributed by atoms with Gasteiger partial charge in [-0.1, -0.05) is 12.2 Å². The number of Topliss-reactive ketones (excluding diaryl/α,β-unsaturated/α-hetero) is 1. The third-order valence-corrected chi connectivity index (χ3v) is 3.14. The summed E-state index contributed by atoms with van der Waals surface area (Å²) in [6.45, 7) is 0. The van der Waals surface area contributed by atoms with Crippen LogP contribution in [0.1, 0.15) is 12.8 Å². The molecule has 0 radical (unpaired) electrons. The van der Waals surface area contributed by atoms with E-state index in [1.807, 2.05) is 0 Å². The molecule has 60 valence electrons. The van der Waals surface area contributed by atoms with Crippen LogP contribution in [-0.2, 0) is 4.79 Å². The third kappa shape index (κ3) is 1.02. The summed E-state index contributed by atoms with van der Waals surface area (Å²) < 4.78 is 0. The lowest BCUT2D eigenvalue weighted by molar-refractivity contribution is -0.123. The molecule has 2 heteroatoms. The van der Waals surface area contributed by atoms with E-state index in [1.165, 1.54) is 0 Å². The standard InChI is InChI=1S/C9H11ClO/c10-5-8-6-2-1-3-7(4-6)9(8)11/h1-2,6-8H,3-5H2/t6-,7+,8+/m0/s1. The smallest absolute Gasteiger partial charge is 0.141 e. The Morgan fingerprint density at radius 3 is 3.09 bits per heavy atom. The van der Waals surface area contributed by atoms with E-state index in [0.717, 1.165) is 12.8 Å². The SMILES string of the molecule is O=C1[C@@H]2CC=C[C@@H](C2)[C@H]1CCl. The molecule has 0 saturated heterocycles. The van der Waals surface area contributed by atoms with E-state index in [4.69, 9.17) is 11.6 Å². The highest BCUT2D eigenvalue weighted by atomic mass is 35.5. The fourth-order valence-corrected chi connectivity index (χ4v) is 2.54. The molecule has 2 aliphatic carbocycles. The molecule has 0 amide bonds. The molecule has 0 aromatic rings. The van der Waals surface area contributed by atoms with E-state index in [1.54, 1.807) is 0 Å². The summed E-state index contributed by atoms with van der Waals surface area (Å²) in [5.41, 5.74) is 0. The third-order valence-electron chi connectivity index (χ3n) is 2.81. The van der Waals surface area contributed by atoms with Crippen LogP contribution in [0.3, 0.4) is 0 Å². The minimum absolute atomic E-state index is 0.125. The van der Waals surface area contributed by atoms with Crippen molar-refractivity contribution in [3.8, 4) is 0 Å². The van der Waals surface area contributed by atoms with Crippen LogP contribution < -0.4 is 0 Å². The van der Waals surface area contributed by atoms with Crippen LogP contribution in [0.25, 0.3) is 0 Å². The average molecular weight is 171 g/mol. The summed E-state index contributed by atoms with van der Waals surface area (Å²) in [4.78, 5) is 11.5. The number of hydrogen-bond acceptors (Lipinski definition) is 1. The summed E-state index contributed by atoms with van der Waals surface area (Å²) >= 11 is 5.71. The van der Waals surface area contributed by atoms with Gasteiger partial charge in [0, 0.05) is 17.7 Å². The van der Waals surface area contributed by atoms with E-state index in [0.29, 0.717) is 23.5 Å². The molecular weight excluding hydrogens is 160 g/mol. The number of hydrogen-bond donors (Lipinski definition) is 0. The highest BCUT2D eigenvalue weighted by molar-refractivity contribution is 6.19. The zero-order valence-corrected chi connectivity index (χ0v) is 7.05. The van der Waals surface area contributed by atoms with Crippen LogP contribution in [0.5, 0.6) is 0 Å². The van der Waals surface area contributed by atoms with Gasteiger partial charge in [0.05, 0.1) is 0 Å². The molecule has 11 heavy (non-hydrogen) atoms. The van der Waals surface area contributed by atoms with E-state index in [-0.39, 0.29) is 5.92 Å². The molecular formula is C9H11ClO. The molecule has 2 aliphatic rings. The van der Waals surface area contributed by atoms with Crippen LogP contribution in [0.2, 0.25) is 0 Å². The van der Waals surface area contributed by atoms with Gasteiger partial charge < -0.3 is 0 Å². The molecule has 2 rings (SSSR count). The molecule has 0 aromatic carbocycles. The Labute approximate surface area is 71.4 Å². The number of carbonyl (C=O) groups is 1. The summed E-state index contributed by atoms with van der Waals surface area (Å²) in [7, 11) is 0. The van der Waals surface area contributed by atoms with Crippen molar-refractivity contribution < 1.29 is 4.79 Å². The normalized spacial score (nSPS) is 41.5. The van der Waals surface area contributed by atoms with Gasteiger partial charge in [-0.3, -0.25) is 4.79 Å². The van der Waals surface area contributed by atoms with Crippen molar-refractivity contribution in [3.05, 3.63) is 12.2 Å². The van der Waals surface area contributed by atoms with E-state index >= 15 is 0 Å². The Hall–Kier alpha value is -0.300. The van der Waals surface area contributed by atoms with Crippen LogP contribution in [0.15, 0.2) is 12.2 Å². The maximum atomic E-state index is 11.5. The summed E-state index contributed by atoms with van der Waals surface area (Å²) in [6, 6.07) is 0. The van der Waals surface area contributed by atoms with Gasteiger partial charge in [0.2, 0.25) is 0 Å². The molecule has 0 aromatic heterocycles. The molecule has 0 spiro atoms. The second kappa shape index (κ2) is 2.63. The molecule has 0 heterocycles. The second-order valence-electron chi connectivity index (χ2n) is 3.42. The van der Waals surface area contributed by atoms with Crippen molar-refractivity contribution in [2.45, 2.75) is 12.8 Å². The van der Waals surface area contributed by atoms with Gasteiger partial charge in [-0.15, -0.1) is 11.6 Å². The molecule has 1 fully saturated rings. The van der Waals surface area contributed by atoms with Gasteiger partial charge in [0.1, 0.15) is 5.78 Å². The summed E-state index contributed by atoms with van der Waals surface area (Å²) in [5, 5.41) is 0. The Morgan fingerprint density at radius 2 is 2.45 bits per heavy atom. The fourth-order valence-electron chi connectivity index (χ4n) is 2.16. The minimum Gasteiger partial charge on any atom is -0.299 e. The van der Waals surface area contributed by atoms with E-state index in [9.17, 15) is 4.79 Å². The number of carbonyl (C=O) groups excluding carboxylic acids is 1. The lowest BCUT2D eigenvalue weighted by Crippen LogP contribution is -2.16. The predicted octanol–water partition coefficient (Wildman–Crippen LogP) is 2.01. The van der Waals surface area contributed by atoms with E-state index in [2.05, 4.69) is 12.2 Å². The van der Waals surface area contributed by atoms with Crippen LogP contribution >= 0.6 is 11.6 Å². The lowest BCUT2D eigenvalue weighted by Gasteiger charge is -2.11. The van der Waals surface area contributed by atoms with E-state index < -0.39 is 0 Å². The minimum atomic E-state index is 0.125. The van der Waals surface area contributed by atoms with Crippen molar-refractivity contribution in [2.75, 3.05) is 5.88 Å². The van der Waals surface area contributed by atoms with Crippen molar-refractivity contribution in [3.63, 3.8) is 0 Å². The van der Waals surface area contributed by atoms with Crippen LogP contribution in [0, 0.1) is 17.8 Å². The van der Waals surface area contributed by atoms with Gasteiger partial charge in [0.25, 0.3) is 0 Å². The Balaban J connectivity index is 2.24. The highest BCUT2D eigenvalue weighted by Gasteiger charge is 2.41. The summed E-state index contributed by atoms with van der Waals surface area (Å²) in [6.07, 6.45) is 6.28. The first-order chi connectivity index (χ1) is 5.33. The quantitative estimate of drug-likeness (QED) is 0.435. The first-order valence-corrected chi connectivity index (χ1v) is 4.62. The van der Waals surface area contributed by atoms with Crippen molar-refractivity contribution in [2.24, 2.45) is 17.8 Å². The molecule has 0 unspecified atom stereocenters. The molecule has 0 N–H and O–H groups in total. The number of ketones is 1. The van der Waals surface area contributed by atoms with Gasteiger partial charge in [-0.2, -0.15) is 0 Å². The number of halogens is 1. The Kier molecular flexibility index (Phi) is 1.76. The average Bonchev–Trinajstić information content (AvgIpc) is 2.25. The fraction of sp³-hybridized carbons (Fsp3) is 0.667. The molecule has 2 bridgehead atoms. The summed E-state index contributed by atoms with van der Waals surface area (Å²) in [5.74, 6) is 1.78. The van der Waals surface area contributed by atoms with Crippen LogP contribution in [-0.4, -0.2) is 11.7 Å². The van der Waals surface area contributed by atoms with Gasteiger partial charge >= 0.3 is 0 Å². The topological polar surface area (TPSA) is 17.1 Å². The lowest BCUT2D eigenvalue weighted by atomic mass is 9.94. The predicted molar refractivity (Wildman–Crippen MR) is 44.6 cm³/mol. The van der Waals surface area contributed by atoms with Crippen molar-refractivity contribution in [1.29, 1.82) is 0 Å². The molecule has 1 saturated carbocycles. The molecule has 3 atom stereocenters. The highest BCUT2D eigenvalue weighted by Crippen LogP contribution is 2.40. The Morgan fingerprint density at radius 1 is 1.64 bits per heavy atom. The second-order valence-corrected chi connectivity index (χ2v) is 3.73. The maximum absolute atomic E-state index is 11.5. The van der Waals surface area contributed by atoms with Gasteiger partial charge in [0.15, 0.2) is 0 Å². The number of allylic oxidation sites excluding steroid dienone is 2. The zero-order valence-electron chi connectivity index (χ0n) is 6.29. The zero-order chi connectivity index (χ0) is 7.84. The van der Waals surface area contributed by atoms with Gasteiger partial charge in [-0.25, -0.2) is 0 Å². The van der Waals surface area contributed by atoms with Crippen molar-refractivity contribution >= 4 is 17.4 Å². The van der Waals surface area contributed by atoms with Crippen molar-refractivity contribution in [1.82, 2.24) is 0 Å². The largest absolute Gasteiger partial charge is 0.299 e. The number of rotatable bonds is 1.